The van der Waals surface area contributed by atoms with Crippen molar-refractivity contribution in [1.82, 2.24) is 5.32 Å². The highest BCUT2D eigenvalue weighted by molar-refractivity contribution is 7.12. The van der Waals surface area contributed by atoms with E-state index in [1.54, 1.807) is 26.2 Å². The molecular weight excluding hydrogens is 282 g/mol. The number of carbonyl (C=O) groups excluding carboxylic acids is 2. The van der Waals surface area contributed by atoms with Gasteiger partial charge in [0, 0.05) is 0 Å². The number of carbonyl (C=O) groups is 3. The number of aryl methyl sites for hydroxylation is 1. The van der Waals surface area contributed by atoms with Crippen LogP contribution in [0, 0.1) is 12.8 Å². The molecule has 0 spiro atoms. The standard InChI is InChI=1S/C12H17N3O4S/c1-5(2)7(15-12(13)19)10(16)14-8-6(3)4-20-9(8)11(17)18/h4-5,7H,1-3H3,(H,14,16)(H,17,18)(H3,13,15,19). The number of hydrogen-bond donors (Lipinski definition) is 4. The zero-order valence-corrected chi connectivity index (χ0v) is 12.2. The molecule has 110 valence electrons. The molecule has 0 aliphatic rings. The van der Waals surface area contributed by atoms with Gasteiger partial charge >= 0.3 is 12.0 Å². The maximum absolute atomic E-state index is 12.1. The van der Waals surface area contributed by atoms with E-state index >= 15 is 0 Å². The molecule has 0 fully saturated rings. The number of urea groups is 1. The van der Waals surface area contributed by atoms with Gasteiger partial charge in [-0.1, -0.05) is 13.8 Å². The van der Waals surface area contributed by atoms with Crippen molar-refractivity contribution in [2.45, 2.75) is 26.8 Å². The average Bonchev–Trinajstić information content (AvgIpc) is 2.67. The molecule has 5 N–H and O–H groups in total. The number of hydrogen-bond acceptors (Lipinski definition) is 4. The van der Waals surface area contributed by atoms with Gasteiger partial charge in [-0.2, -0.15) is 0 Å². The summed E-state index contributed by atoms with van der Waals surface area (Å²) in [5.74, 6) is -1.79. The lowest BCUT2D eigenvalue weighted by Gasteiger charge is -2.20. The second-order valence-corrected chi connectivity index (χ2v) is 5.53. The average molecular weight is 299 g/mol. The Morgan fingerprint density at radius 1 is 1.35 bits per heavy atom. The Morgan fingerprint density at radius 2 is 1.95 bits per heavy atom. The molecule has 0 bridgehead atoms. The van der Waals surface area contributed by atoms with Crippen LogP contribution in [-0.2, 0) is 4.79 Å². The first kappa shape index (κ1) is 16.0. The van der Waals surface area contributed by atoms with Crippen LogP contribution >= 0.6 is 11.3 Å². The van der Waals surface area contributed by atoms with E-state index in [1.807, 2.05) is 0 Å². The third kappa shape index (κ3) is 3.70. The fourth-order valence-electron chi connectivity index (χ4n) is 1.65. The number of nitrogens with one attached hydrogen (secondary N) is 2. The third-order valence-corrected chi connectivity index (χ3v) is 3.75. The van der Waals surface area contributed by atoms with Gasteiger partial charge in [-0.25, -0.2) is 9.59 Å². The molecule has 0 saturated carbocycles. The predicted molar refractivity (Wildman–Crippen MR) is 76.0 cm³/mol. The van der Waals surface area contributed by atoms with E-state index in [-0.39, 0.29) is 16.5 Å². The van der Waals surface area contributed by atoms with Crippen LogP contribution in [0.3, 0.4) is 0 Å². The number of primary amides is 1. The van der Waals surface area contributed by atoms with Crippen LogP contribution in [0.2, 0.25) is 0 Å². The molecule has 1 rings (SSSR count). The largest absolute Gasteiger partial charge is 0.477 e. The summed E-state index contributed by atoms with van der Waals surface area (Å²) in [6, 6.07) is -1.63. The number of amides is 3. The van der Waals surface area contributed by atoms with Gasteiger partial charge in [0.15, 0.2) is 0 Å². The second-order valence-electron chi connectivity index (χ2n) is 4.65. The number of carboxylic acids is 1. The SMILES string of the molecule is Cc1csc(C(=O)O)c1NC(=O)C(NC(N)=O)C(C)C. The lowest BCUT2D eigenvalue weighted by molar-refractivity contribution is -0.118. The van der Waals surface area contributed by atoms with Crippen molar-refractivity contribution in [2.24, 2.45) is 11.7 Å². The van der Waals surface area contributed by atoms with E-state index in [4.69, 9.17) is 10.8 Å². The van der Waals surface area contributed by atoms with Crippen molar-refractivity contribution in [3.8, 4) is 0 Å². The summed E-state index contributed by atoms with van der Waals surface area (Å²) >= 11 is 1.03. The molecule has 0 saturated heterocycles. The summed E-state index contributed by atoms with van der Waals surface area (Å²) < 4.78 is 0. The van der Waals surface area contributed by atoms with Crippen molar-refractivity contribution in [1.29, 1.82) is 0 Å². The normalized spacial score (nSPS) is 12.0. The Hall–Kier alpha value is -2.09. The minimum Gasteiger partial charge on any atom is -0.477 e. The van der Waals surface area contributed by atoms with Gasteiger partial charge in [0.05, 0.1) is 5.69 Å². The van der Waals surface area contributed by atoms with E-state index in [9.17, 15) is 14.4 Å². The maximum atomic E-state index is 12.1. The second kappa shape index (κ2) is 6.38. The number of nitrogens with two attached hydrogens (primary N) is 1. The van der Waals surface area contributed by atoms with Crippen LogP contribution in [0.5, 0.6) is 0 Å². The Balaban J connectivity index is 2.96. The Labute approximate surface area is 120 Å². The number of aromatic carboxylic acids is 1. The first-order valence-corrected chi connectivity index (χ1v) is 6.80. The van der Waals surface area contributed by atoms with E-state index in [0.29, 0.717) is 5.56 Å². The topological polar surface area (TPSA) is 122 Å². The van der Waals surface area contributed by atoms with Crippen molar-refractivity contribution in [2.75, 3.05) is 5.32 Å². The molecule has 0 radical (unpaired) electrons. The lowest BCUT2D eigenvalue weighted by Crippen LogP contribution is -2.49. The van der Waals surface area contributed by atoms with Crippen molar-refractivity contribution in [3.05, 3.63) is 15.8 Å². The van der Waals surface area contributed by atoms with Gasteiger partial charge in [0.1, 0.15) is 10.9 Å². The van der Waals surface area contributed by atoms with Gasteiger partial charge in [0.2, 0.25) is 5.91 Å². The summed E-state index contributed by atoms with van der Waals surface area (Å²) in [6.07, 6.45) is 0. The highest BCUT2D eigenvalue weighted by Gasteiger charge is 2.26. The van der Waals surface area contributed by atoms with Crippen LogP contribution in [0.1, 0.15) is 29.1 Å². The molecule has 3 amide bonds. The van der Waals surface area contributed by atoms with Crippen LogP contribution < -0.4 is 16.4 Å². The van der Waals surface area contributed by atoms with E-state index in [2.05, 4.69) is 10.6 Å². The highest BCUT2D eigenvalue weighted by Crippen LogP contribution is 2.27. The molecule has 1 heterocycles. The monoisotopic (exact) mass is 299 g/mol. The molecule has 1 atom stereocenters. The summed E-state index contributed by atoms with van der Waals surface area (Å²) in [5, 5.41) is 15.6. The van der Waals surface area contributed by atoms with Gasteiger partial charge in [-0.3, -0.25) is 4.79 Å². The number of anilines is 1. The minimum absolute atomic E-state index is 0.0532. The molecule has 1 unspecified atom stereocenters. The molecule has 1 aromatic rings. The molecule has 20 heavy (non-hydrogen) atoms. The van der Waals surface area contributed by atoms with Crippen LogP contribution in [0.4, 0.5) is 10.5 Å². The molecule has 0 aliphatic heterocycles. The number of thiophene rings is 1. The Kier molecular flexibility index (Phi) is 5.09. The quantitative estimate of drug-likeness (QED) is 0.656. The first-order chi connectivity index (χ1) is 9.23. The van der Waals surface area contributed by atoms with Gasteiger partial charge in [0.25, 0.3) is 0 Å². The van der Waals surface area contributed by atoms with Crippen LogP contribution in [-0.4, -0.2) is 29.1 Å². The molecule has 1 aromatic heterocycles. The third-order valence-electron chi connectivity index (χ3n) is 2.66. The predicted octanol–water partition coefficient (Wildman–Crippen LogP) is 1.39. The fraction of sp³-hybridized carbons (Fsp3) is 0.417. The summed E-state index contributed by atoms with van der Waals surface area (Å²) in [6.45, 7) is 5.20. The van der Waals surface area contributed by atoms with Crippen molar-refractivity contribution < 1.29 is 19.5 Å². The lowest BCUT2D eigenvalue weighted by atomic mass is 10.0. The van der Waals surface area contributed by atoms with E-state index in [0.717, 1.165) is 11.3 Å². The van der Waals surface area contributed by atoms with Crippen LogP contribution in [0.15, 0.2) is 5.38 Å². The minimum atomic E-state index is -1.11. The molecule has 0 aromatic carbocycles. The van der Waals surface area contributed by atoms with Crippen LogP contribution in [0.25, 0.3) is 0 Å². The summed E-state index contributed by atoms with van der Waals surface area (Å²) in [5.41, 5.74) is 5.94. The molecular formula is C12H17N3O4S. The van der Waals surface area contributed by atoms with Crippen molar-refractivity contribution in [3.63, 3.8) is 0 Å². The van der Waals surface area contributed by atoms with Gasteiger partial charge < -0.3 is 21.5 Å². The zero-order valence-electron chi connectivity index (χ0n) is 11.4. The Bertz CT molecular complexity index is 539. The maximum Gasteiger partial charge on any atom is 0.348 e. The number of rotatable bonds is 5. The highest BCUT2D eigenvalue weighted by atomic mass is 32.1. The molecule has 8 heteroatoms. The number of carboxylic acid groups (broad SMARTS) is 1. The van der Waals surface area contributed by atoms with Gasteiger partial charge in [-0.05, 0) is 23.8 Å². The molecule has 7 nitrogen and oxygen atoms in total. The van der Waals surface area contributed by atoms with Gasteiger partial charge in [-0.15, -0.1) is 11.3 Å². The summed E-state index contributed by atoms with van der Waals surface area (Å²) in [4.78, 5) is 34.2. The summed E-state index contributed by atoms with van der Waals surface area (Å²) in [7, 11) is 0. The molecule has 0 aliphatic carbocycles. The van der Waals surface area contributed by atoms with E-state index < -0.39 is 23.9 Å². The Morgan fingerprint density at radius 3 is 2.40 bits per heavy atom. The van der Waals surface area contributed by atoms with Crippen molar-refractivity contribution >= 4 is 34.9 Å². The smallest absolute Gasteiger partial charge is 0.348 e. The zero-order chi connectivity index (χ0) is 15.4. The first-order valence-electron chi connectivity index (χ1n) is 5.92. The fourth-order valence-corrected chi connectivity index (χ4v) is 2.49. The van der Waals surface area contributed by atoms with E-state index in [1.165, 1.54) is 0 Å².